The van der Waals surface area contributed by atoms with Crippen molar-refractivity contribution in [3.8, 4) is 0 Å². The Morgan fingerprint density at radius 2 is 1.96 bits per heavy atom. The van der Waals surface area contributed by atoms with Crippen molar-refractivity contribution in [3.05, 3.63) is 36.2 Å². The van der Waals surface area contributed by atoms with Crippen molar-refractivity contribution in [2.75, 3.05) is 22.6 Å². The Morgan fingerprint density at radius 3 is 2.74 bits per heavy atom. The number of anilines is 4. The van der Waals surface area contributed by atoms with Gasteiger partial charge in [0.05, 0.1) is 0 Å². The molecule has 0 saturated carbocycles. The summed E-state index contributed by atoms with van der Waals surface area (Å²) < 4.78 is 0. The lowest BCUT2D eigenvalue weighted by atomic mass is 10.0. The molecule has 6 heteroatoms. The van der Waals surface area contributed by atoms with E-state index in [0.717, 1.165) is 25.2 Å². The van der Waals surface area contributed by atoms with Gasteiger partial charge in [-0.25, -0.2) is 15.4 Å². The number of nitrogen functional groups attached to an aromatic ring is 1. The third-order valence-electron chi connectivity index (χ3n) is 3.78. The van der Waals surface area contributed by atoms with Gasteiger partial charge in [0.25, 0.3) is 0 Å². The minimum atomic E-state index is -0.0880. The molecule has 0 fully saturated rings. The number of benzene rings is 1. The van der Waals surface area contributed by atoms with Crippen LogP contribution < -0.4 is 21.5 Å². The second kappa shape index (κ2) is 6.04. The Balaban J connectivity index is 1.92. The number of hydrazine groups is 1. The quantitative estimate of drug-likeness (QED) is 0.756. The molecule has 0 aliphatic carbocycles. The molecule has 0 spiro atoms. The number of hydrogen-bond acceptors (Lipinski definition) is 6. The summed E-state index contributed by atoms with van der Waals surface area (Å²) in [6.45, 7) is 7.11. The lowest BCUT2D eigenvalue weighted by molar-refractivity contribution is 0.464. The summed E-state index contributed by atoms with van der Waals surface area (Å²) in [4.78, 5) is 10.9. The van der Waals surface area contributed by atoms with Crippen LogP contribution in [0.15, 0.2) is 30.6 Å². The molecule has 1 aromatic carbocycles. The highest BCUT2D eigenvalue weighted by atomic mass is 15.4. The molecular formula is C17H24N6. The number of rotatable bonds is 3. The highest BCUT2D eigenvalue weighted by Crippen LogP contribution is 2.36. The first-order chi connectivity index (χ1) is 11.0. The van der Waals surface area contributed by atoms with Gasteiger partial charge < -0.3 is 16.1 Å². The summed E-state index contributed by atoms with van der Waals surface area (Å²) in [6, 6.07) is 8.41. The first-order valence-electron chi connectivity index (χ1n) is 7.95. The van der Waals surface area contributed by atoms with Crippen molar-refractivity contribution in [1.82, 2.24) is 15.4 Å². The second-order valence-electron chi connectivity index (χ2n) is 6.84. The molecule has 0 saturated heterocycles. The smallest absolute Gasteiger partial charge is 0.169 e. The van der Waals surface area contributed by atoms with E-state index >= 15 is 0 Å². The number of nitrogens with one attached hydrogen (secondary N) is 2. The maximum atomic E-state index is 6.33. The number of hydrogen-bond donors (Lipinski definition) is 3. The zero-order valence-corrected chi connectivity index (χ0v) is 13.9. The van der Waals surface area contributed by atoms with Crippen molar-refractivity contribution in [2.24, 2.45) is 0 Å². The molecule has 0 amide bonds. The molecular weight excluding hydrogens is 288 g/mol. The van der Waals surface area contributed by atoms with Crippen LogP contribution in [0.25, 0.3) is 0 Å². The molecule has 0 unspecified atom stereocenters. The van der Waals surface area contributed by atoms with Crippen LogP contribution in [-0.4, -0.2) is 22.1 Å². The van der Waals surface area contributed by atoms with Gasteiger partial charge in [-0.2, -0.15) is 0 Å². The molecule has 23 heavy (non-hydrogen) atoms. The van der Waals surface area contributed by atoms with Crippen LogP contribution in [0.5, 0.6) is 0 Å². The number of aromatic nitrogens is 2. The molecule has 1 aromatic heterocycles. The maximum Gasteiger partial charge on any atom is 0.169 e. The standard InChI is InChI=1S/C17H24N6/c1-17(2,3)22-21-15-14(18)16(20-11-19-15)23-10-6-8-12-7-4-5-9-13(12)23/h4-5,7,9,11,22H,6,8,10,18H2,1-3H3,(H,19,20,21). The molecule has 2 aromatic rings. The molecule has 1 aliphatic heterocycles. The van der Waals surface area contributed by atoms with Gasteiger partial charge in [-0.05, 0) is 45.2 Å². The summed E-state index contributed by atoms with van der Waals surface area (Å²) in [5.74, 6) is 1.36. The zero-order valence-electron chi connectivity index (χ0n) is 13.9. The van der Waals surface area contributed by atoms with Gasteiger partial charge in [-0.3, -0.25) is 0 Å². The molecule has 0 bridgehead atoms. The van der Waals surface area contributed by atoms with E-state index in [1.165, 1.54) is 11.3 Å². The van der Waals surface area contributed by atoms with Gasteiger partial charge in [0, 0.05) is 17.8 Å². The Hall–Kier alpha value is -2.34. The topological polar surface area (TPSA) is 79.1 Å². The number of fused-ring (bicyclic) bond motifs is 1. The average Bonchev–Trinajstić information content (AvgIpc) is 2.53. The zero-order chi connectivity index (χ0) is 16.4. The molecule has 1 aliphatic rings. The van der Waals surface area contributed by atoms with E-state index in [4.69, 9.17) is 5.73 Å². The summed E-state index contributed by atoms with van der Waals surface area (Å²) in [5, 5.41) is 0. The monoisotopic (exact) mass is 312 g/mol. The molecule has 122 valence electrons. The van der Waals surface area contributed by atoms with Crippen LogP contribution in [0.3, 0.4) is 0 Å². The third kappa shape index (κ3) is 3.37. The number of aryl methyl sites for hydroxylation is 1. The van der Waals surface area contributed by atoms with Gasteiger partial charge in [-0.15, -0.1) is 0 Å². The molecule has 6 nitrogen and oxygen atoms in total. The van der Waals surface area contributed by atoms with Crippen LogP contribution in [0.1, 0.15) is 32.8 Å². The highest BCUT2D eigenvalue weighted by Gasteiger charge is 2.22. The fourth-order valence-electron chi connectivity index (χ4n) is 2.70. The van der Waals surface area contributed by atoms with Crippen LogP contribution in [0, 0.1) is 0 Å². The fraction of sp³-hybridized carbons (Fsp3) is 0.412. The van der Waals surface area contributed by atoms with Crippen molar-refractivity contribution in [3.63, 3.8) is 0 Å². The first kappa shape index (κ1) is 15.6. The summed E-state index contributed by atoms with van der Waals surface area (Å²) in [5.41, 5.74) is 15.6. The van der Waals surface area contributed by atoms with E-state index in [0.29, 0.717) is 11.5 Å². The van der Waals surface area contributed by atoms with Crippen molar-refractivity contribution >= 4 is 23.0 Å². The Labute approximate surface area is 137 Å². The minimum absolute atomic E-state index is 0.0880. The Kier molecular flexibility index (Phi) is 4.09. The minimum Gasteiger partial charge on any atom is -0.393 e. The van der Waals surface area contributed by atoms with Crippen LogP contribution in [0.4, 0.5) is 23.0 Å². The van der Waals surface area contributed by atoms with Crippen molar-refractivity contribution in [1.29, 1.82) is 0 Å². The molecule has 4 N–H and O–H groups in total. The normalized spacial score (nSPS) is 14.5. The van der Waals surface area contributed by atoms with E-state index in [2.05, 4.69) is 70.8 Å². The van der Waals surface area contributed by atoms with Crippen molar-refractivity contribution < 1.29 is 0 Å². The Morgan fingerprint density at radius 1 is 1.17 bits per heavy atom. The highest BCUT2D eigenvalue weighted by molar-refractivity contribution is 5.80. The SMILES string of the molecule is CC(C)(C)NNc1ncnc(N2CCCc3ccccc32)c1N. The van der Waals surface area contributed by atoms with Crippen LogP contribution >= 0.6 is 0 Å². The van der Waals surface area contributed by atoms with E-state index in [9.17, 15) is 0 Å². The van der Waals surface area contributed by atoms with E-state index in [1.807, 2.05) is 0 Å². The molecule has 3 rings (SSSR count). The summed E-state index contributed by atoms with van der Waals surface area (Å²) in [7, 11) is 0. The number of nitrogens with zero attached hydrogens (tertiary/aromatic N) is 3. The van der Waals surface area contributed by atoms with Crippen LogP contribution in [-0.2, 0) is 6.42 Å². The predicted octanol–water partition coefficient (Wildman–Crippen LogP) is 2.86. The van der Waals surface area contributed by atoms with E-state index in [1.54, 1.807) is 6.33 Å². The lowest BCUT2D eigenvalue weighted by Gasteiger charge is -2.31. The Bertz CT molecular complexity index is 692. The summed E-state index contributed by atoms with van der Waals surface area (Å²) in [6.07, 6.45) is 3.73. The van der Waals surface area contributed by atoms with Crippen molar-refractivity contribution in [2.45, 2.75) is 39.2 Å². The molecule has 2 heterocycles. The lowest BCUT2D eigenvalue weighted by Crippen LogP contribution is -2.40. The molecule has 0 atom stereocenters. The van der Waals surface area contributed by atoms with Crippen LogP contribution in [0.2, 0.25) is 0 Å². The largest absolute Gasteiger partial charge is 0.393 e. The average molecular weight is 312 g/mol. The van der Waals surface area contributed by atoms with Gasteiger partial charge in [-0.1, -0.05) is 18.2 Å². The fourth-order valence-corrected chi connectivity index (χ4v) is 2.70. The number of para-hydroxylation sites is 1. The third-order valence-corrected chi connectivity index (χ3v) is 3.78. The predicted molar refractivity (Wildman–Crippen MR) is 94.7 cm³/mol. The van der Waals surface area contributed by atoms with E-state index in [-0.39, 0.29) is 5.54 Å². The maximum absolute atomic E-state index is 6.33. The van der Waals surface area contributed by atoms with Gasteiger partial charge >= 0.3 is 0 Å². The van der Waals surface area contributed by atoms with Gasteiger partial charge in [0.1, 0.15) is 12.0 Å². The second-order valence-corrected chi connectivity index (χ2v) is 6.84. The molecule has 0 radical (unpaired) electrons. The first-order valence-corrected chi connectivity index (χ1v) is 7.95. The summed E-state index contributed by atoms with van der Waals surface area (Å²) >= 11 is 0. The van der Waals surface area contributed by atoms with E-state index < -0.39 is 0 Å². The number of nitrogens with two attached hydrogens (primary N) is 1. The van der Waals surface area contributed by atoms with Gasteiger partial charge in [0.15, 0.2) is 11.6 Å². The van der Waals surface area contributed by atoms with Gasteiger partial charge in [0.2, 0.25) is 0 Å².